The highest BCUT2D eigenvalue weighted by Gasteiger charge is 2.66. The van der Waals surface area contributed by atoms with E-state index in [4.69, 9.17) is 92.8 Å². The van der Waals surface area contributed by atoms with E-state index in [2.05, 4.69) is 31.9 Å². The molecule has 4 rings (SSSR count). The SMILES string of the molecule is O=C(NC12CC3CC(NC(=O)C(Cl)(Cl)Cl)(C1)CC(NC(=O)C(Cl)(Cl)Br)(C3)C2)C(Cl)(Cl)Cl. The van der Waals surface area contributed by atoms with E-state index in [1.54, 1.807) is 0 Å². The number of hydrogen-bond acceptors (Lipinski definition) is 3. The topological polar surface area (TPSA) is 87.3 Å². The van der Waals surface area contributed by atoms with E-state index < -0.39 is 45.2 Å². The molecule has 0 heterocycles. The average Bonchev–Trinajstić information content (AvgIpc) is 2.49. The summed E-state index contributed by atoms with van der Waals surface area (Å²) in [5.74, 6) is -2.30. The van der Waals surface area contributed by atoms with Crippen LogP contribution in [0.2, 0.25) is 0 Å². The van der Waals surface area contributed by atoms with Gasteiger partial charge in [-0.3, -0.25) is 14.4 Å². The van der Waals surface area contributed by atoms with Crippen LogP contribution in [0, 0.1) is 5.92 Å². The Morgan fingerprint density at radius 3 is 1.19 bits per heavy atom. The minimum atomic E-state index is -2.19. The molecule has 4 aliphatic carbocycles. The Bertz CT molecular complexity index is 697. The zero-order valence-electron chi connectivity index (χ0n) is 15.4. The molecule has 3 amide bonds. The van der Waals surface area contributed by atoms with Crippen LogP contribution in [-0.4, -0.2) is 45.2 Å². The van der Waals surface area contributed by atoms with E-state index in [0.717, 1.165) is 0 Å². The third-order valence-electron chi connectivity index (χ3n) is 5.98. The Morgan fingerprint density at radius 2 is 0.935 bits per heavy atom. The molecule has 4 saturated carbocycles. The smallest absolute Gasteiger partial charge is 0.272 e. The molecule has 6 nitrogen and oxygen atoms in total. The third-order valence-corrected chi connectivity index (χ3v) is 7.71. The Morgan fingerprint density at radius 1 is 0.645 bits per heavy atom. The molecule has 4 aliphatic rings. The van der Waals surface area contributed by atoms with Crippen molar-refractivity contribution in [3.8, 4) is 0 Å². The molecule has 0 aromatic rings. The van der Waals surface area contributed by atoms with Crippen molar-refractivity contribution in [2.24, 2.45) is 5.92 Å². The van der Waals surface area contributed by atoms with Gasteiger partial charge >= 0.3 is 0 Å². The van der Waals surface area contributed by atoms with E-state index in [0.29, 0.717) is 38.5 Å². The number of alkyl halides is 9. The van der Waals surface area contributed by atoms with Crippen molar-refractivity contribution in [2.45, 2.75) is 66.0 Å². The summed E-state index contributed by atoms with van der Waals surface area (Å²) in [5.41, 5.74) is -2.63. The number of amides is 3. The van der Waals surface area contributed by atoms with E-state index in [9.17, 15) is 14.4 Å². The molecule has 0 saturated heterocycles. The summed E-state index contributed by atoms with van der Waals surface area (Å²) in [6.07, 6.45) is 2.63. The summed E-state index contributed by atoms with van der Waals surface area (Å²) >= 11 is 49.3. The molecule has 176 valence electrons. The van der Waals surface area contributed by atoms with Gasteiger partial charge in [0.05, 0.1) is 0 Å². The Hall–Kier alpha value is 1.21. The van der Waals surface area contributed by atoms with Gasteiger partial charge in [-0.1, -0.05) is 92.8 Å². The highest BCUT2D eigenvalue weighted by atomic mass is 79.9. The van der Waals surface area contributed by atoms with Crippen LogP contribution in [0.15, 0.2) is 0 Å². The van der Waals surface area contributed by atoms with Gasteiger partial charge in [-0.25, -0.2) is 0 Å². The lowest BCUT2D eigenvalue weighted by molar-refractivity contribution is -0.138. The fraction of sp³-hybridized carbons (Fsp3) is 0.812. The van der Waals surface area contributed by atoms with Crippen LogP contribution < -0.4 is 16.0 Å². The molecule has 31 heavy (non-hydrogen) atoms. The molecule has 2 atom stereocenters. The van der Waals surface area contributed by atoms with Gasteiger partial charge in [-0.15, -0.1) is 0 Å². The molecule has 3 N–H and O–H groups in total. The lowest BCUT2D eigenvalue weighted by atomic mass is 9.47. The first-order valence-corrected chi connectivity index (χ1v) is 12.8. The van der Waals surface area contributed by atoms with E-state index >= 15 is 0 Å². The van der Waals surface area contributed by atoms with Crippen LogP contribution in [0.3, 0.4) is 0 Å². The molecular weight excluding hydrogens is 646 g/mol. The maximum absolute atomic E-state index is 12.6. The first kappa shape index (κ1) is 26.8. The van der Waals surface area contributed by atoms with Crippen molar-refractivity contribution in [1.82, 2.24) is 16.0 Å². The van der Waals surface area contributed by atoms with E-state index in [1.807, 2.05) is 0 Å². The van der Waals surface area contributed by atoms with Gasteiger partial charge in [0.1, 0.15) is 0 Å². The maximum Gasteiger partial charge on any atom is 0.272 e. The average molecular weight is 662 g/mol. The minimum Gasteiger partial charge on any atom is -0.347 e. The lowest BCUT2D eigenvalue weighted by Gasteiger charge is -2.66. The molecule has 0 aliphatic heterocycles. The number of carbonyl (C=O) groups is 3. The van der Waals surface area contributed by atoms with E-state index in [-0.39, 0.29) is 5.92 Å². The van der Waals surface area contributed by atoms with Gasteiger partial charge < -0.3 is 16.0 Å². The Labute approximate surface area is 227 Å². The van der Waals surface area contributed by atoms with Crippen molar-refractivity contribution in [3.05, 3.63) is 0 Å². The molecule has 4 fully saturated rings. The molecule has 0 radical (unpaired) electrons. The second-order valence-electron chi connectivity index (χ2n) is 8.71. The number of carbonyl (C=O) groups excluding carboxylic acids is 3. The second kappa shape index (κ2) is 8.41. The summed E-state index contributed by atoms with van der Waals surface area (Å²) in [6, 6.07) is 0. The van der Waals surface area contributed by atoms with Crippen LogP contribution in [0.1, 0.15) is 38.5 Å². The van der Waals surface area contributed by atoms with Crippen LogP contribution in [0.4, 0.5) is 0 Å². The predicted octanol–water partition coefficient (Wildman–Crippen LogP) is 4.82. The summed E-state index contributed by atoms with van der Waals surface area (Å²) in [5, 5.41) is 8.54. The molecule has 0 aromatic heterocycles. The molecule has 0 aromatic carbocycles. The van der Waals surface area contributed by atoms with Crippen molar-refractivity contribution in [1.29, 1.82) is 0 Å². The number of rotatable bonds is 4. The van der Waals surface area contributed by atoms with Crippen molar-refractivity contribution < 1.29 is 14.4 Å². The Kier molecular flexibility index (Phi) is 7.27. The fourth-order valence-corrected chi connectivity index (χ4v) is 6.27. The molecule has 0 spiro atoms. The van der Waals surface area contributed by atoms with Gasteiger partial charge in [0.25, 0.3) is 25.3 Å². The van der Waals surface area contributed by atoms with Crippen molar-refractivity contribution >= 4 is 126 Å². The van der Waals surface area contributed by atoms with Gasteiger partial charge in [-0.05, 0) is 60.4 Å². The van der Waals surface area contributed by atoms with E-state index in [1.165, 1.54) is 0 Å². The molecule has 2 unspecified atom stereocenters. The van der Waals surface area contributed by atoms with Gasteiger partial charge in [0.2, 0.25) is 3.24 Å². The predicted molar refractivity (Wildman–Crippen MR) is 128 cm³/mol. The largest absolute Gasteiger partial charge is 0.347 e. The van der Waals surface area contributed by atoms with Crippen LogP contribution in [0.25, 0.3) is 0 Å². The zero-order valence-corrected chi connectivity index (χ0v) is 23.1. The highest BCUT2D eigenvalue weighted by molar-refractivity contribution is 9.11. The van der Waals surface area contributed by atoms with Crippen molar-refractivity contribution in [3.63, 3.8) is 0 Å². The maximum atomic E-state index is 12.6. The minimum absolute atomic E-state index is 0.00159. The molecular formula is C16H16BrCl8N3O3. The van der Waals surface area contributed by atoms with Gasteiger partial charge in [0, 0.05) is 16.6 Å². The van der Waals surface area contributed by atoms with Crippen LogP contribution in [0.5, 0.6) is 0 Å². The van der Waals surface area contributed by atoms with Gasteiger partial charge in [0.15, 0.2) is 0 Å². The first-order chi connectivity index (χ1) is 13.8. The normalized spacial score (nSPS) is 34.9. The molecule has 4 bridgehead atoms. The number of nitrogens with one attached hydrogen (secondary N) is 3. The summed E-state index contributed by atoms with van der Waals surface area (Å²) in [7, 11) is 0. The second-order valence-corrected chi connectivity index (χ2v) is 16.7. The number of halogens is 9. The summed E-state index contributed by atoms with van der Waals surface area (Å²) in [6.45, 7) is 0. The lowest BCUT2D eigenvalue weighted by Crippen LogP contribution is -2.78. The third kappa shape index (κ3) is 5.90. The fourth-order valence-electron chi connectivity index (χ4n) is 5.79. The molecule has 15 heteroatoms. The zero-order chi connectivity index (χ0) is 23.7. The Balaban J connectivity index is 1.98. The summed E-state index contributed by atoms with van der Waals surface area (Å²) < 4.78 is -6.24. The summed E-state index contributed by atoms with van der Waals surface area (Å²) in [4.78, 5) is 37.6. The monoisotopic (exact) mass is 657 g/mol. The number of hydrogen-bond donors (Lipinski definition) is 3. The quantitative estimate of drug-likeness (QED) is 0.378. The van der Waals surface area contributed by atoms with Gasteiger partial charge in [-0.2, -0.15) is 0 Å². The van der Waals surface area contributed by atoms with Crippen molar-refractivity contribution in [2.75, 3.05) is 0 Å². The first-order valence-electron chi connectivity index (χ1n) is 8.97. The highest BCUT2D eigenvalue weighted by Crippen LogP contribution is 2.60. The standard InChI is InChI=1S/C16H16BrCl8N3O3/c17-14(18,19)8(29)26-11-1-7-2-12(4-11,27-9(30)15(20,21)22)6-13(3-7,5-11)28-10(31)16(23,24)25/h7H,1-6H2,(H,26,29)(H,27,30)(H,28,31). The van der Waals surface area contributed by atoms with Crippen LogP contribution in [-0.2, 0) is 14.4 Å². The van der Waals surface area contributed by atoms with Crippen LogP contribution >= 0.6 is 109 Å².